The van der Waals surface area contributed by atoms with Crippen molar-refractivity contribution in [2.75, 3.05) is 7.05 Å². The van der Waals surface area contributed by atoms with Crippen LogP contribution in [-0.4, -0.2) is 7.05 Å². The van der Waals surface area contributed by atoms with Crippen molar-refractivity contribution in [3.05, 3.63) is 21.3 Å². The number of thiophene rings is 1. The minimum absolute atomic E-state index is 0.0324. The Bertz CT molecular complexity index is 351. The Labute approximate surface area is 93.5 Å². The Kier molecular flexibility index (Phi) is 3.54. The largest absolute Gasteiger partial charge is 0.311 e. The van der Waals surface area contributed by atoms with Gasteiger partial charge < -0.3 is 5.32 Å². The highest BCUT2D eigenvalue weighted by Gasteiger charge is 2.30. The van der Waals surface area contributed by atoms with Crippen LogP contribution in [0.25, 0.3) is 0 Å². The highest BCUT2D eigenvalue weighted by Crippen LogP contribution is 2.37. The van der Waals surface area contributed by atoms with E-state index < -0.39 is 5.41 Å². The van der Waals surface area contributed by atoms with Crippen LogP contribution in [0.1, 0.15) is 24.8 Å². The molecule has 0 saturated carbocycles. The monoisotopic (exact) mass is 228 g/mol. The molecule has 1 aromatic rings. The fourth-order valence-corrected chi connectivity index (χ4v) is 2.76. The second kappa shape index (κ2) is 4.31. The molecule has 1 aromatic heterocycles. The summed E-state index contributed by atoms with van der Waals surface area (Å²) in [5.41, 5.74) is -0.428. The molecule has 1 atom stereocenters. The molecule has 1 rings (SSSR count). The molecule has 0 aliphatic rings. The van der Waals surface area contributed by atoms with Gasteiger partial charge in [0.2, 0.25) is 0 Å². The van der Waals surface area contributed by atoms with Crippen LogP contribution in [0.4, 0.5) is 0 Å². The van der Waals surface area contributed by atoms with Crippen molar-refractivity contribution >= 4 is 22.9 Å². The molecular weight excluding hydrogens is 216 g/mol. The predicted octanol–water partition coefficient (Wildman–Crippen LogP) is 3.21. The van der Waals surface area contributed by atoms with Crippen molar-refractivity contribution in [2.24, 2.45) is 5.41 Å². The fraction of sp³-hybridized carbons (Fsp3) is 0.500. The minimum atomic E-state index is -0.428. The van der Waals surface area contributed by atoms with E-state index in [0.29, 0.717) is 0 Å². The first-order valence-corrected chi connectivity index (χ1v) is 5.54. The lowest BCUT2D eigenvalue weighted by molar-refractivity contribution is 0.349. The van der Waals surface area contributed by atoms with Crippen molar-refractivity contribution in [1.82, 2.24) is 5.32 Å². The Morgan fingerprint density at radius 2 is 2.21 bits per heavy atom. The summed E-state index contributed by atoms with van der Waals surface area (Å²) >= 11 is 7.38. The molecule has 1 N–H and O–H groups in total. The van der Waals surface area contributed by atoms with Crippen LogP contribution in [0, 0.1) is 16.7 Å². The first-order chi connectivity index (χ1) is 6.51. The highest BCUT2D eigenvalue weighted by molar-refractivity contribution is 7.16. The van der Waals surface area contributed by atoms with Gasteiger partial charge in [0, 0.05) is 4.88 Å². The normalized spacial score (nSPS) is 13.6. The smallest absolute Gasteiger partial charge is 0.0931 e. The zero-order valence-electron chi connectivity index (χ0n) is 8.47. The zero-order chi connectivity index (χ0) is 10.8. The molecule has 0 radical (unpaired) electrons. The van der Waals surface area contributed by atoms with Gasteiger partial charge in [0.05, 0.1) is 21.9 Å². The first-order valence-electron chi connectivity index (χ1n) is 4.35. The summed E-state index contributed by atoms with van der Waals surface area (Å²) in [5, 5.41) is 12.2. The Morgan fingerprint density at radius 1 is 1.57 bits per heavy atom. The van der Waals surface area contributed by atoms with Gasteiger partial charge in [0.15, 0.2) is 0 Å². The topological polar surface area (TPSA) is 35.8 Å². The molecule has 4 heteroatoms. The summed E-state index contributed by atoms with van der Waals surface area (Å²) in [6.45, 7) is 3.84. The average Bonchev–Trinajstić information content (AvgIpc) is 2.53. The average molecular weight is 229 g/mol. The molecule has 1 unspecified atom stereocenters. The van der Waals surface area contributed by atoms with E-state index in [1.165, 1.54) is 11.3 Å². The molecule has 2 nitrogen and oxygen atoms in total. The molecule has 0 spiro atoms. The van der Waals surface area contributed by atoms with Gasteiger partial charge in [-0.25, -0.2) is 0 Å². The van der Waals surface area contributed by atoms with Gasteiger partial charge in [0.1, 0.15) is 0 Å². The van der Waals surface area contributed by atoms with E-state index in [1.54, 1.807) is 0 Å². The minimum Gasteiger partial charge on any atom is -0.311 e. The van der Waals surface area contributed by atoms with Crippen LogP contribution in [0.15, 0.2) is 12.1 Å². The summed E-state index contributed by atoms with van der Waals surface area (Å²) in [4.78, 5) is 1.10. The Hall–Kier alpha value is -0.560. The van der Waals surface area contributed by atoms with E-state index in [0.717, 1.165) is 9.21 Å². The maximum atomic E-state index is 9.05. The first kappa shape index (κ1) is 11.5. The lowest BCUT2D eigenvalue weighted by atomic mass is 9.85. The second-order valence-electron chi connectivity index (χ2n) is 3.70. The number of rotatable bonds is 3. The maximum absolute atomic E-state index is 9.05. The third kappa shape index (κ3) is 2.27. The predicted molar refractivity (Wildman–Crippen MR) is 60.5 cm³/mol. The molecule has 0 aliphatic heterocycles. The number of nitrogens with zero attached hydrogens (tertiary/aromatic N) is 1. The van der Waals surface area contributed by atoms with E-state index in [-0.39, 0.29) is 6.04 Å². The van der Waals surface area contributed by atoms with E-state index in [9.17, 15) is 0 Å². The van der Waals surface area contributed by atoms with Crippen molar-refractivity contribution in [1.29, 1.82) is 5.26 Å². The standard InChI is InChI=1S/C10H13ClN2S/c1-10(2,6-12)9(13-3)7-4-5-8(11)14-7/h4-5,9,13H,1-3H3. The number of nitriles is 1. The van der Waals surface area contributed by atoms with E-state index in [4.69, 9.17) is 16.9 Å². The molecule has 0 bridgehead atoms. The van der Waals surface area contributed by atoms with Crippen LogP contribution < -0.4 is 5.32 Å². The van der Waals surface area contributed by atoms with Crippen molar-refractivity contribution in [3.63, 3.8) is 0 Å². The Morgan fingerprint density at radius 3 is 2.57 bits per heavy atom. The number of nitrogens with one attached hydrogen (secondary N) is 1. The molecule has 14 heavy (non-hydrogen) atoms. The summed E-state index contributed by atoms with van der Waals surface area (Å²) in [5.74, 6) is 0. The van der Waals surface area contributed by atoms with Crippen LogP contribution in [0.2, 0.25) is 4.34 Å². The fourth-order valence-electron chi connectivity index (χ4n) is 1.41. The molecule has 0 saturated heterocycles. The van der Waals surface area contributed by atoms with Gasteiger partial charge in [-0.15, -0.1) is 11.3 Å². The molecule has 0 amide bonds. The zero-order valence-corrected chi connectivity index (χ0v) is 10.0. The lowest BCUT2D eigenvalue weighted by Crippen LogP contribution is -2.30. The third-order valence-corrected chi connectivity index (χ3v) is 3.47. The second-order valence-corrected chi connectivity index (χ2v) is 5.44. The summed E-state index contributed by atoms with van der Waals surface area (Å²) in [6.07, 6.45) is 0. The van der Waals surface area contributed by atoms with Crippen LogP contribution in [0.3, 0.4) is 0 Å². The van der Waals surface area contributed by atoms with E-state index in [2.05, 4.69) is 11.4 Å². The molecule has 0 aliphatic carbocycles. The summed E-state index contributed by atoms with van der Waals surface area (Å²) < 4.78 is 0.758. The van der Waals surface area contributed by atoms with Gasteiger partial charge in [-0.3, -0.25) is 0 Å². The number of hydrogen-bond acceptors (Lipinski definition) is 3. The molecular formula is C10H13ClN2S. The van der Waals surface area contributed by atoms with Crippen molar-refractivity contribution in [2.45, 2.75) is 19.9 Å². The van der Waals surface area contributed by atoms with E-state index >= 15 is 0 Å². The van der Waals surface area contributed by atoms with Crippen LogP contribution in [-0.2, 0) is 0 Å². The van der Waals surface area contributed by atoms with Gasteiger partial charge >= 0.3 is 0 Å². The molecule has 1 heterocycles. The van der Waals surface area contributed by atoms with Crippen LogP contribution in [0.5, 0.6) is 0 Å². The highest BCUT2D eigenvalue weighted by atomic mass is 35.5. The van der Waals surface area contributed by atoms with Crippen molar-refractivity contribution < 1.29 is 0 Å². The SMILES string of the molecule is CNC(c1ccc(Cl)s1)C(C)(C)C#N. The third-order valence-electron chi connectivity index (χ3n) is 2.18. The Balaban J connectivity index is 3.00. The van der Waals surface area contributed by atoms with Crippen LogP contribution >= 0.6 is 22.9 Å². The molecule has 0 aromatic carbocycles. The van der Waals surface area contributed by atoms with Gasteiger partial charge in [-0.1, -0.05) is 11.6 Å². The van der Waals surface area contributed by atoms with E-state index in [1.807, 2.05) is 33.0 Å². The molecule has 76 valence electrons. The quantitative estimate of drug-likeness (QED) is 0.863. The van der Waals surface area contributed by atoms with Crippen molar-refractivity contribution in [3.8, 4) is 6.07 Å². The summed E-state index contributed by atoms with van der Waals surface area (Å²) in [7, 11) is 1.86. The lowest BCUT2D eigenvalue weighted by Gasteiger charge is -2.26. The number of halogens is 1. The molecule has 0 fully saturated rings. The van der Waals surface area contributed by atoms with Gasteiger partial charge in [0.25, 0.3) is 0 Å². The summed E-state index contributed by atoms with van der Waals surface area (Å²) in [6, 6.07) is 6.16. The maximum Gasteiger partial charge on any atom is 0.0931 e. The van der Waals surface area contributed by atoms with Gasteiger partial charge in [-0.05, 0) is 33.0 Å². The number of hydrogen-bond donors (Lipinski definition) is 1. The van der Waals surface area contributed by atoms with Gasteiger partial charge in [-0.2, -0.15) is 5.26 Å².